The van der Waals surface area contributed by atoms with Crippen LogP contribution in [0.15, 0.2) is 0 Å². The summed E-state index contributed by atoms with van der Waals surface area (Å²) in [5.41, 5.74) is 0. The van der Waals surface area contributed by atoms with E-state index in [1.807, 2.05) is 0 Å². The summed E-state index contributed by atoms with van der Waals surface area (Å²) in [7, 11) is 3.89. The van der Waals surface area contributed by atoms with Crippen molar-refractivity contribution in [3.8, 4) is 0 Å². The van der Waals surface area contributed by atoms with Crippen LogP contribution in [-0.4, -0.2) is 67.9 Å². The highest BCUT2D eigenvalue weighted by Crippen LogP contribution is 2.06. The molecule has 1 unspecified atom stereocenters. The molecule has 0 radical (unpaired) electrons. The lowest BCUT2D eigenvalue weighted by Crippen LogP contribution is -2.54. The fourth-order valence-corrected chi connectivity index (χ4v) is 2.02. The van der Waals surface area contributed by atoms with Crippen molar-refractivity contribution in [3.63, 3.8) is 0 Å². The molecule has 0 bridgehead atoms. The van der Waals surface area contributed by atoms with Crippen molar-refractivity contribution in [2.45, 2.75) is 19.4 Å². The maximum absolute atomic E-state index is 5.37. The van der Waals surface area contributed by atoms with Gasteiger partial charge < -0.3 is 19.9 Å². The number of likely N-dealkylation sites (N-methyl/N-ethyl adjacent to an activating group) is 1. The Hall–Kier alpha value is -0.390. The van der Waals surface area contributed by atoms with Crippen molar-refractivity contribution in [2.24, 2.45) is 0 Å². The Kier molecular flexibility index (Phi) is 6.01. The molecule has 0 aromatic heterocycles. The monoisotopic (exact) mass is 245 g/mol. The molecular formula is C11H23N3OS. The number of hydrogen-bond donors (Lipinski definition) is 1. The Morgan fingerprint density at radius 3 is 2.88 bits per heavy atom. The number of rotatable bonds is 4. The summed E-state index contributed by atoms with van der Waals surface area (Å²) in [5, 5.41) is 4.17. The standard InChI is InChI=1S/C11H23N3OS/c1-10-9-14(7-6-13(10)2)11(16)12-5-4-8-15-3/h10H,4-9H2,1-3H3,(H,12,16). The summed E-state index contributed by atoms with van der Waals surface area (Å²) in [6.45, 7) is 7.05. The van der Waals surface area contributed by atoms with Gasteiger partial charge in [-0.05, 0) is 32.6 Å². The molecule has 16 heavy (non-hydrogen) atoms. The highest BCUT2D eigenvalue weighted by Gasteiger charge is 2.21. The van der Waals surface area contributed by atoms with E-state index in [-0.39, 0.29) is 0 Å². The molecule has 0 aromatic carbocycles. The first-order valence-corrected chi connectivity index (χ1v) is 6.28. The maximum Gasteiger partial charge on any atom is 0.169 e. The van der Waals surface area contributed by atoms with Gasteiger partial charge in [-0.2, -0.15) is 0 Å². The van der Waals surface area contributed by atoms with Crippen LogP contribution in [0.5, 0.6) is 0 Å². The number of nitrogens with zero attached hydrogens (tertiary/aromatic N) is 2. The van der Waals surface area contributed by atoms with Crippen molar-refractivity contribution in [3.05, 3.63) is 0 Å². The Morgan fingerprint density at radius 2 is 2.25 bits per heavy atom. The number of ether oxygens (including phenoxy) is 1. The summed E-state index contributed by atoms with van der Waals surface area (Å²) in [6.07, 6.45) is 1.000. The van der Waals surface area contributed by atoms with Crippen molar-refractivity contribution in [2.75, 3.05) is 46.9 Å². The normalized spacial score (nSPS) is 22.2. The third-order valence-electron chi connectivity index (χ3n) is 3.05. The molecule has 1 aliphatic rings. The quantitative estimate of drug-likeness (QED) is 0.576. The molecule has 0 spiro atoms. The zero-order valence-corrected chi connectivity index (χ0v) is 11.3. The largest absolute Gasteiger partial charge is 0.385 e. The predicted molar refractivity (Wildman–Crippen MR) is 70.8 cm³/mol. The van der Waals surface area contributed by atoms with Crippen LogP contribution < -0.4 is 5.32 Å². The van der Waals surface area contributed by atoms with Crippen LogP contribution in [0.3, 0.4) is 0 Å². The molecule has 5 heteroatoms. The average Bonchev–Trinajstić information content (AvgIpc) is 2.28. The van der Waals surface area contributed by atoms with Crippen molar-refractivity contribution >= 4 is 17.3 Å². The third kappa shape index (κ3) is 4.23. The van der Waals surface area contributed by atoms with E-state index in [9.17, 15) is 0 Å². The Labute approximate surface area is 104 Å². The summed E-state index contributed by atoms with van der Waals surface area (Å²) < 4.78 is 5.00. The second-order valence-electron chi connectivity index (χ2n) is 4.35. The average molecular weight is 245 g/mol. The molecule has 1 fully saturated rings. The van der Waals surface area contributed by atoms with Gasteiger partial charge in [-0.25, -0.2) is 0 Å². The highest BCUT2D eigenvalue weighted by molar-refractivity contribution is 7.80. The first-order chi connectivity index (χ1) is 7.65. The van der Waals surface area contributed by atoms with Gasteiger partial charge in [-0.15, -0.1) is 0 Å². The lowest BCUT2D eigenvalue weighted by Gasteiger charge is -2.39. The van der Waals surface area contributed by atoms with Gasteiger partial charge in [0.15, 0.2) is 5.11 Å². The molecule has 94 valence electrons. The van der Waals surface area contributed by atoms with E-state index in [4.69, 9.17) is 17.0 Å². The van der Waals surface area contributed by atoms with Crippen LogP contribution in [0.2, 0.25) is 0 Å². The zero-order valence-electron chi connectivity index (χ0n) is 10.5. The minimum absolute atomic E-state index is 0.576. The third-order valence-corrected chi connectivity index (χ3v) is 3.45. The summed E-state index contributed by atoms with van der Waals surface area (Å²) in [6, 6.07) is 0.576. The van der Waals surface area contributed by atoms with Crippen molar-refractivity contribution in [1.29, 1.82) is 0 Å². The van der Waals surface area contributed by atoms with Gasteiger partial charge in [-0.3, -0.25) is 0 Å². The molecule has 0 saturated carbocycles. The first-order valence-electron chi connectivity index (χ1n) is 5.87. The molecule has 4 nitrogen and oxygen atoms in total. The van der Waals surface area contributed by atoms with Gasteiger partial charge in [-0.1, -0.05) is 0 Å². The maximum atomic E-state index is 5.37. The second-order valence-corrected chi connectivity index (χ2v) is 4.74. The summed E-state index contributed by atoms with van der Waals surface area (Å²) in [4.78, 5) is 4.62. The van der Waals surface area contributed by atoms with Crippen molar-refractivity contribution in [1.82, 2.24) is 15.1 Å². The van der Waals surface area contributed by atoms with Crippen LogP contribution in [0, 0.1) is 0 Å². The van der Waals surface area contributed by atoms with Gasteiger partial charge >= 0.3 is 0 Å². The van der Waals surface area contributed by atoms with Crippen LogP contribution in [0.4, 0.5) is 0 Å². The second kappa shape index (κ2) is 7.04. The molecule has 1 rings (SSSR count). The van der Waals surface area contributed by atoms with E-state index in [0.717, 1.165) is 44.3 Å². The number of piperazine rings is 1. The number of nitrogens with one attached hydrogen (secondary N) is 1. The smallest absolute Gasteiger partial charge is 0.169 e. The van der Waals surface area contributed by atoms with Crippen LogP contribution >= 0.6 is 12.2 Å². The minimum atomic E-state index is 0.576. The minimum Gasteiger partial charge on any atom is -0.385 e. The first kappa shape index (κ1) is 13.7. The molecule has 1 heterocycles. The van der Waals surface area contributed by atoms with E-state index in [1.165, 1.54) is 0 Å². The topological polar surface area (TPSA) is 27.7 Å². The van der Waals surface area contributed by atoms with E-state index in [1.54, 1.807) is 7.11 Å². The van der Waals surface area contributed by atoms with E-state index < -0.39 is 0 Å². The van der Waals surface area contributed by atoms with E-state index in [0.29, 0.717) is 6.04 Å². The van der Waals surface area contributed by atoms with Crippen LogP contribution in [-0.2, 0) is 4.74 Å². The number of thiocarbonyl (C=S) groups is 1. The van der Waals surface area contributed by atoms with Gasteiger partial charge in [0.05, 0.1) is 0 Å². The van der Waals surface area contributed by atoms with Gasteiger partial charge in [0, 0.05) is 45.9 Å². The fraction of sp³-hybridized carbons (Fsp3) is 0.909. The van der Waals surface area contributed by atoms with E-state index >= 15 is 0 Å². The van der Waals surface area contributed by atoms with Crippen LogP contribution in [0.1, 0.15) is 13.3 Å². The van der Waals surface area contributed by atoms with Crippen LogP contribution in [0.25, 0.3) is 0 Å². The Bertz CT molecular complexity index is 225. The predicted octanol–water partition coefficient (Wildman–Crippen LogP) is 0.533. The number of hydrogen-bond acceptors (Lipinski definition) is 3. The van der Waals surface area contributed by atoms with Gasteiger partial charge in [0.2, 0.25) is 0 Å². The molecule has 1 atom stereocenters. The Morgan fingerprint density at radius 1 is 1.50 bits per heavy atom. The molecule has 0 aliphatic carbocycles. The molecule has 0 aromatic rings. The number of methoxy groups -OCH3 is 1. The van der Waals surface area contributed by atoms with Gasteiger partial charge in [0.25, 0.3) is 0 Å². The van der Waals surface area contributed by atoms with E-state index in [2.05, 4.69) is 29.1 Å². The molecular weight excluding hydrogens is 222 g/mol. The lowest BCUT2D eigenvalue weighted by atomic mass is 10.2. The molecule has 1 aliphatic heterocycles. The highest BCUT2D eigenvalue weighted by atomic mass is 32.1. The summed E-state index contributed by atoms with van der Waals surface area (Å²) in [5.74, 6) is 0. The zero-order chi connectivity index (χ0) is 12.0. The summed E-state index contributed by atoms with van der Waals surface area (Å²) >= 11 is 5.37. The fourth-order valence-electron chi connectivity index (χ4n) is 1.76. The SMILES string of the molecule is COCCCNC(=S)N1CCN(C)C(C)C1. The lowest BCUT2D eigenvalue weighted by molar-refractivity contribution is 0.151. The Balaban J connectivity index is 2.21. The molecule has 0 amide bonds. The molecule has 1 N–H and O–H groups in total. The molecule has 1 saturated heterocycles. The van der Waals surface area contributed by atoms with Crippen molar-refractivity contribution < 1.29 is 4.74 Å². The van der Waals surface area contributed by atoms with Gasteiger partial charge in [0.1, 0.15) is 0 Å².